The lowest BCUT2D eigenvalue weighted by atomic mass is 10.1. The summed E-state index contributed by atoms with van der Waals surface area (Å²) >= 11 is 0. The lowest BCUT2D eigenvalue weighted by molar-refractivity contribution is -0.142. The molecule has 1 amide bonds. The number of carbonyl (C=O) groups excluding carboxylic acids is 1. The monoisotopic (exact) mass is 388 g/mol. The molecule has 0 aromatic heterocycles. The zero-order chi connectivity index (χ0) is 18.4. The van der Waals surface area contributed by atoms with Crippen molar-refractivity contribution in [2.24, 2.45) is 0 Å². The number of likely N-dealkylation sites (tertiary alicyclic amines) is 1. The number of benzene rings is 1. The summed E-state index contributed by atoms with van der Waals surface area (Å²) in [7, 11) is 4.61. The third-order valence-corrected chi connectivity index (χ3v) is 4.26. The summed E-state index contributed by atoms with van der Waals surface area (Å²) in [6, 6.07) is 2.86. The Labute approximate surface area is 158 Å². The highest BCUT2D eigenvalue weighted by Gasteiger charge is 2.31. The molecule has 0 bridgehead atoms. The van der Waals surface area contributed by atoms with Crippen LogP contribution in [0.25, 0.3) is 0 Å². The molecule has 1 aliphatic rings. The number of carboxylic acids is 1. The van der Waals surface area contributed by atoms with E-state index < -0.39 is 12.0 Å². The van der Waals surface area contributed by atoms with E-state index in [4.69, 9.17) is 19.3 Å². The maximum Gasteiger partial charge on any atom is 0.320 e. The minimum atomic E-state index is -0.883. The molecule has 9 heteroatoms. The molecule has 1 aromatic rings. The summed E-state index contributed by atoms with van der Waals surface area (Å²) in [4.78, 5) is 25.0. The van der Waals surface area contributed by atoms with Gasteiger partial charge in [0.05, 0.1) is 27.9 Å². The van der Waals surface area contributed by atoms with Gasteiger partial charge in [-0.3, -0.25) is 14.5 Å². The Bertz CT molecular complexity index is 640. The van der Waals surface area contributed by atoms with Gasteiger partial charge < -0.3 is 24.6 Å². The molecular weight excluding hydrogens is 364 g/mol. The number of ether oxygens (including phenoxy) is 3. The van der Waals surface area contributed by atoms with Crippen LogP contribution >= 0.6 is 12.4 Å². The number of carboxylic acid groups (broad SMARTS) is 1. The highest BCUT2D eigenvalue weighted by molar-refractivity contribution is 5.85. The molecule has 1 heterocycles. The lowest BCUT2D eigenvalue weighted by Gasteiger charge is -2.20. The fourth-order valence-electron chi connectivity index (χ4n) is 2.96. The van der Waals surface area contributed by atoms with Crippen LogP contribution in [0.5, 0.6) is 17.2 Å². The average Bonchev–Trinajstić information content (AvgIpc) is 3.07. The number of rotatable bonds is 8. The molecule has 0 radical (unpaired) electrons. The molecule has 2 rings (SSSR count). The number of hydrogen-bond acceptors (Lipinski definition) is 6. The number of amides is 1. The normalized spacial score (nSPS) is 16.5. The molecule has 0 saturated carbocycles. The van der Waals surface area contributed by atoms with Gasteiger partial charge in [0.2, 0.25) is 5.91 Å². The van der Waals surface area contributed by atoms with Gasteiger partial charge in [0.1, 0.15) is 11.8 Å². The van der Waals surface area contributed by atoms with E-state index in [1.54, 1.807) is 17.0 Å². The van der Waals surface area contributed by atoms with Crippen LogP contribution in [0.4, 0.5) is 0 Å². The Hall–Kier alpha value is -2.19. The van der Waals surface area contributed by atoms with E-state index in [1.165, 1.54) is 21.3 Å². The van der Waals surface area contributed by atoms with E-state index in [-0.39, 0.29) is 31.4 Å². The van der Waals surface area contributed by atoms with Gasteiger partial charge in [-0.15, -0.1) is 12.4 Å². The van der Waals surface area contributed by atoms with Crippen molar-refractivity contribution in [2.75, 3.05) is 34.4 Å². The molecule has 8 nitrogen and oxygen atoms in total. The van der Waals surface area contributed by atoms with Gasteiger partial charge >= 0.3 is 5.97 Å². The van der Waals surface area contributed by atoms with Crippen LogP contribution in [0.1, 0.15) is 18.4 Å². The minimum Gasteiger partial charge on any atom is -0.496 e. The standard InChI is InChI=1S/C17H24N2O6.ClH/c1-23-13-8-15(25-3)14(24-2)7-11(13)9-18-16(20)10-19-6-4-5-12(19)17(21)22;/h7-8,12H,4-6,9-10H2,1-3H3,(H,18,20)(H,21,22);1H/t12-;/m0./s1. The van der Waals surface area contributed by atoms with Gasteiger partial charge in [-0.25, -0.2) is 0 Å². The fourth-order valence-corrected chi connectivity index (χ4v) is 2.96. The van der Waals surface area contributed by atoms with Gasteiger partial charge in [0, 0.05) is 18.2 Å². The Morgan fingerprint density at radius 2 is 1.77 bits per heavy atom. The Balaban J connectivity index is 0.00000338. The summed E-state index contributed by atoms with van der Waals surface area (Å²) in [5.74, 6) is 0.535. The van der Waals surface area contributed by atoms with E-state index in [9.17, 15) is 9.59 Å². The van der Waals surface area contributed by atoms with E-state index in [1.807, 2.05) is 0 Å². The molecular formula is C17H25ClN2O6. The lowest BCUT2D eigenvalue weighted by Crippen LogP contribution is -2.42. The summed E-state index contributed by atoms with van der Waals surface area (Å²) in [6.07, 6.45) is 1.36. The Kier molecular flexibility index (Phi) is 8.47. The molecule has 1 saturated heterocycles. The van der Waals surface area contributed by atoms with Crippen molar-refractivity contribution in [3.63, 3.8) is 0 Å². The van der Waals surface area contributed by atoms with Crippen molar-refractivity contribution < 1.29 is 28.9 Å². The van der Waals surface area contributed by atoms with Gasteiger partial charge in [0.15, 0.2) is 11.5 Å². The molecule has 2 N–H and O–H groups in total. The number of methoxy groups -OCH3 is 3. The fraction of sp³-hybridized carbons (Fsp3) is 0.529. The summed E-state index contributed by atoms with van der Waals surface area (Å²) in [5, 5.41) is 12.0. The van der Waals surface area contributed by atoms with Crippen molar-refractivity contribution >= 4 is 24.3 Å². The second kappa shape index (κ2) is 10.1. The molecule has 1 aliphatic heterocycles. The maximum absolute atomic E-state index is 12.2. The van der Waals surface area contributed by atoms with Crippen molar-refractivity contribution in [2.45, 2.75) is 25.4 Å². The summed E-state index contributed by atoms with van der Waals surface area (Å²) < 4.78 is 15.8. The van der Waals surface area contributed by atoms with E-state index in [2.05, 4.69) is 5.32 Å². The van der Waals surface area contributed by atoms with Gasteiger partial charge in [-0.05, 0) is 25.5 Å². The first-order valence-electron chi connectivity index (χ1n) is 8.02. The number of halogens is 1. The van der Waals surface area contributed by atoms with Gasteiger partial charge in [-0.1, -0.05) is 0 Å². The number of nitrogens with zero attached hydrogens (tertiary/aromatic N) is 1. The first-order valence-corrected chi connectivity index (χ1v) is 8.02. The largest absolute Gasteiger partial charge is 0.496 e. The van der Waals surface area contributed by atoms with Crippen LogP contribution in [0.3, 0.4) is 0 Å². The molecule has 1 atom stereocenters. The smallest absolute Gasteiger partial charge is 0.320 e. The SMILES string of the molecule is COc1cc(OC)c(OC)cc1CNC(=O)CN1CCC[C@H]1C(=O)O.Cl. The zero-order valence-electron chi connectivity index (χ0n) is 15.1. The highest BCUT2D eigenvalue weighted by Crippen LogP contribution is 2.34. The Morgan fingerprint density at radius 1 is 1.15 bits per heavy atom. The van der Waals surface area contributed by atoms with Crippen LogP contribution in [0, 0.1) is 0 Å². The molecule has 26 heavy (non-hydrogen) atoms. The number of nitrogens with one attached hydrogen (secondary N) is 1. The minimum absolute atomic E-state index is 0. The van der Waals surface area contributed by atoms with Crippen molar-refractivity contribution in [1.29, 1.82) is 0 Å². The third-order valence-electron chi connectivity index (χ3n) is 4.26. The second-order valence-electron chi connectivity index (χ2n) is 5.76. The number of carbonyl (C=O) groups is 2. The van der Waals surface area contributed by atoms with Gasteiger partial charge in [0.25, 0.3) is 0 Å². The van der Waals surface area contributed by atoms with Crippen LogP contribution in [0.15, 0.2) is 12.1 Å². The van der Waals surface area contributed by atoms with Crippen LogP contribution in [0.2, 0.25) is 0 Å². The predicted molar refractivity (Wildman–Crippen MR) is 97.4 cm³/mol. The van der Waals surface area contributed by atoms with Crippen molar-refractivity contribution in [3.8, 4) is 17.2 Å². The molecule has 146 valence electrons. The number of aliphatic carboxylic acids is 1. The van der Waals surface area contributed by atoms with E-state index in [0.29, 0.717) is 30.2 Å². The molecule has 0 aliphatic carbocycles. The first kappa shape index (κ1) is 21.9. The molecule has 0 spiro atoms. The van der Waals surface area contributed by atoms with Crippen LogP contribution in [-0.2, 0) is 16.1 Å². The maximum atomic E-state index is 12.2. The second-order valence-corrected chi connectivity index (χ2v) is 5.76. The average molecular weight is 389 g/mol. The summed E-state index contributed by atoms with van der Waals surface area (Å²) in [6.45, 7) is 0.921. The van der Waals surface area contributed by atoms with E-state index in [0.717, 1.165) is 12.0 Å². The quantitative estimate of drug-likeness (QED) is 0.692. The Morgan fingerprint density at radius 3 is 2.35 bits per heavy atom. The highest BCUT2D eigenvalue weighted by atomic mass is 35.5. The third kappa shape index (κ3) is 5.15. The zero-order valence-corrected chi connectivity index (χ0v) is 15.9. The number of hydrogen-bond donors (Lipinski definition) is 2. The predicted octanol–water partition coefficient (Wildman–Crippen LogP) is 1.30. The first-order chi connectivity index (χ1) is 12.0. The van der Waals surface area contributed by atoms with E-state index >= 15 is 0 Å². The molecule has 0 unspecified atom stereocenters. The topological polar surface area (TPSA) is 97.3 Å². The van der Waals surface area contributed by atoms with Crippen molar-refractivity contribution in [1.82, 2.24) is 10.2 Å². The molecule has 1 aromatic carbocycles. The van der Waals surface area contributed by atoms with Gasteiger partial charge in [-0.2, -0.15) is 0 Å². The molecule has 1 fully saturated rings. The van der Waals surface area contributed by atoms with Crippen LogP contribution in [-0.4, -0.2) is 62.3 Å². The van der Waals surface area contributed by atoms with Crippen LogP contribution < -0.4 is 19.5 Å². The summed E-state index contributed by atoms with van der Waals surface area (Å²) in [5.41, 5.74) is 0.740. The van der Waals surface area contributed by atoms with Crippen molar-refractivity contribution in [3.05, 3.63) is 17.7 Å².